The first-order chi connectivity index (χ1) is 4.22. The molecule has 0 saturated heterocycles. The van der Waals surface area contributed by atoms with Crippen molar-refractivity contribution in [3.8, 4) is 0 Å². The Morgan fingerprint density at radius 2 is 2.33 bits per heavy atom. The molecule has 0 radical (unpaired) electrons. The largest absolute Gasteiger partial charge is 0.217 e. The van der Waals surface area contributed by atoms with Gasteiger partial charge in [-0.3, -0.25) is 0 Å². The lowest BCUT2D eigenvalue weighted by Gasteiger charge is -2.02. The number of nitroso groups, excluding NO2 is 1. The lowest BCUT2D eigenvalue weighted by molar-refractivity contribution is -0.519. The molecule has 1 aliphatic heterocycles. The van der Waals surface area contributed by atoms with Crippen molar-refractivity contribution in [3.05, 3.63) is 17.2 Å². The van der Waals surface area contributed by atoms with Crippen molar-refractivity contribution in [2.45, 2.75) is 26.3 Å². The predicted molar refractivity (Wildman–Crippen MR) is 36.0 cm³/mol. The summed E-state index contributed by atoms with van der Waals surface area (Å²) < 4.78 is 1.05. The summed E-state index contributed by atoms with van der Waals surface area (Å²) in [4.78, 5) is 10.8. The Balaban J connectivity index is 2.56. The second-order valence-corrected chi connectivity index (χ2v) is 2.79. The molecule has 0 amide bonds. The zero-order valence-electron chi connectivity index (χ0n) is 5.87. The molecule has 9 heavy (non-hydrogen) atoms. The molecule has 2 nitrogen and oxygen atoms in total. The molecule has 0 spiro atoms. The predicted octanol–water partition coefficient (Wildman–Crippen LogP) is 1.71. The SMILES string of the molecule is CC(C)C1CC=C[N+]1=O. The van der Waals surface area contributed by atoms with Crippen LogP contribution in [0.1, 0.15) is 20.3 Å². The Hall–Kier alpha value is -0.660. The fourth-order valence-electron chi connectivity index (χ4n) is 1.08. The van der Waals surface area contributed by atoms with E-state index in [4.69, 9.17) is 0 Å². The van der Waals surface area contributed by atoms with Crippen LogP contribution in [0.15, 0.2) is 12.3 Å². The van der Waals surface area contributed by atoms with Gasteiger partial charge in [-0.1, -0.05) is 13.8 Å². The van der Waals surface area contributed by atoms with Gasteiger partial charge in [0, 0.05) is 22.0 Å². The van der Waals surface area contributed by atoms with E-state index in [0.717, 1.165) is 11.2 Å². The monoisotopic (exact) mass is 126 g/mol. The molecule has 1 aliphatic rings. The van der Waals surface area contributed by atoms with Crippen LogP contribution in [0.4, 0.5) is 0 Å². The van der Waals surface area contributed by atoms with Gasteiger partial charge in [-0.05, 0) is 6.08 Å². The summed E-state index contributed by atoms with van der Waals surface area (Å²) >= 11 is 0. The summed E-state index contributed by atoms with van der Waals surface area (Å²) in [6, 6.07) is 0.199. The molecular weight excluding hydrogens is 114 g/mol. The van der Waals surface area contributed by atoms with Gasteiger partial charge in [0.15, 0.2) is 0 Å². The normalized spacial score (nSPS) is 26.1. The van der Waals surface area contributed by atoms with Crippen LogP contribution < -0.4 is 0 Å². The molecule has 50 valence electrons. The van der Waals surface area contributed by atoms with Crippen molar-refractivity contribution in [2.75, 3.05) is 0 Å². The highest BCUT2D eigenvalue weighted by molar-refractivity contribution is 4.85. The van der Waals surface area contributed by atoms with Gasteiger partial charge in [0.2, 0.25) is 12.2 Å². The quantitative estimate of drug-likeness (QED) is 0.490. The fraction of sp³-hybridized carbons (Fsp3) is 0.714. The van der Waals surface area contributed by atoms with Crippen molar-refractivity contribution < 1.29 is 4.76 Å². The molecule has 1 atom stereocenters. The number of nitrogens with zero attached hydrogens (tertiary/aromatic N) is 1. The van der Waals surface area contributed by atoms with Crippen molar-refractivity contribution in [2.24, 2.45) is 5.92 Å². The molecule has 1 rings (SSSR count). The van der Waals surface area contributed by atoms with E-state index in [0.29, 0.717) is 5.92 Å². The molecule has 0 saturated carbocycles. The Labute approximate surface area is 55.1 Å². The molecular formula is C7H12NO+. The third-order valence-corrected chi connectivity index (χ3v) is 1.73. The van der Waals surface area contributed by atoms with Crippen molar-refractivity contribution in [1.29, 1.82) is 0 Å². The van der Waals surface area contributed by atoms with Gasteiger partial charge in [-0.15, -0.1) is 0 Å². The Bertz CT molecular complexity index is 149. The Morgan fingerprint density at radius 3 is 2.56 bits per heavy atom. The first-order valence-corrected chi connectivity index (χ1v) is 3.34. The van der Waals surface area contributed by atoms with Gasteiger partial charge < -0.3 is 0 Å². The van der Waals surface area contributed by atoms with E-state index < -0.39 is 0 Å². The van der Waals surface area contributed by atoms with Crippen LogP contribution in [0.3, 0.4) is 0 Å². The second kappa shape index (κ2) is 2.29. The fourth-order valence-corrected chi connectivity index (χ4v) is 1.08. The first-order valence-electron chi connectivity index (χ1n) is 3.34. The number of hydrogen-bond donors (Lipinski definition) is 0. The van der Waals surface area contributed by atoms with Crippen molar-refractivity contribution in [3.63, 3.8) is 0 Å². The minimum Gasteiger partial charge on any atom is -0.0562 e. The van der Waals surface area contributed by atoms with Gasteiger partial charge in [0.1, 0.15) is 0 Å². The zero-order chi connectivity index (χ0) is 6.85. The standard InChI is InChI=1S/C7H12NO/c1-6(2)7-4-3-5-8(7)9/h3,5-7H,4H2,1-2H3/q+1. The first kappa shape index (κ1) is 6.46. The van der Waals surface area contributed by atoms with Crippen LogP contribution in [0.2, 0.25) is 0 Å². The molecule has 1 unspecified atom stereocenters. The van der Waals surface area contributed by atoms with Crippen LogP contribution >= 0.6 is 0 Å². The van der Waals surface area contributed by atoms with Crippen molar-refractivity contribution >= 4 is 0 Å². The van der Waals surface area contributed by atoms with Crippen LogP contribution in [0.25, 0.3) is 0 Å². The summed E-state index contributed by atoms with van der Waals surface area (Å²) in [7, 11) is 0. The van der Waals surface area contributed by atoms with Gasteiger partial charge in [0.05, 0.1) is 0 Å². The van der Waals surface area contributed by atoms with Gasteiger partial charge in [-0.25, -0.2) is 0 Å². The Kier molecular flexibility index (Phi) is 1.65. The molecule has 0 aromatic heterocycles. The van der Waals surface area contributed by atoms with Crippen LogP contribution in [0.5, 0.6) is 0 Å². The van der Waals surface area contributed by atoms with E-state index >= 15 is 0 Å². The molecule has 0 fully saturated rings. The van der Waals surface area contributed by atoms with E-state index in [1.807, 2.05) is 6.08 Å². The zero-order valence-corrected chi connectivity index (χ0v) is 5.87. The summed E-state index contributed by atoms with van der Waals surface area (Å²) in [5.74, 6) is 0.470. The molecule has 0 N–H and O–H groups in total. The van der Waals surface area contributed by atoms with Crippen molar-refractivity contribution in [1.82, 2.24) is 0 Å². The molecule has 0 aliphatic carbocycles. The minimum absolute atomic E-state index is 0.199. The molecule has 1 heterocycles. The maximum absolute atomic E-state index is 10.8. The molecule has 0 bridgehead atoms. The maximum atomic E-state index is 10.8. The molecule has 0 aromatic carbocycles. The van der Waals surface area contributed by atoms with Gasteiger partial charge in [-0.2, -0.15) is 0 Å². The highest BCUT2D eigenvalue weighted by Gasteiger charge is 2.29. The average Bonchev–Trinajstić information content (AvgIpc) is 2.13. The second-order valence-electron chi connectivity index (χ2n) is 2.79. The molecule has 0 aromatic rings. The van der Waals surface area contributed by atoms with Gasteiger partial charge >= 0.3 is 0 Å². The highest BCUT2D eigenvalue weighted by atomic mass is 16.3. The number of hydrogen-bond acceptors (Lipinski definition) is 1. The van der Waals surface area contributed by atoms with E-state index in [-0.39, 0.29) is 6.04 Å². The lowest BCUT2D eigenvalue weighted by atomic mass is 10.0. The van der Waals surface area contributed by atoms with Crippen LogP contribution in [-0.2, 0) is 0 Å². The van der Waals surface area contributed by atoms with Crippen LogP contribution in [-0.4, -0.2) is 10.8 Å². The minimum atomic E-state index is 0.199. The van der Waals surface area contributed by atoms with Gasteiger partial charge in [0.25, 0.3) is 0 Å². The number of rotatable bonds is 1. The maximum Gasteiger partial charge on any atom is 0.217 e. The summed E-state index contributed by atoms with van der Waals surface area (Å²) in [6.45, 7) is 4.14. The van der Waals surface area contributed by atoms with Crippen LogP contribution in [0, 0.1) is 10.8 Å². The third-order valence-electron chi connectivity index (χ3n) is 1.73. The van der Waals surface area contributed by atoms with E-state index in [1.165, 1.54) is 0 Å². The average molecular weight is 126 g/mol. The smallest absolute Gasteiger partial charge is 0.0562 e. The summed E-state index contributed by atoms with van der Waals surface area (Å²) in [5, 5.41) is 0. The molecule has 2 heteroatoms. The summed E-state index contributed by atoms with van der Waals surface area (Å²) in [6.07, 6.45) is 4.46. The van der Waals surface area contributed by atoms with E-state index in [1.54, 1.807) is 6.20 Å². The topological polar surface area (TPSA) is 20.1 Å². The van der Waals surface area contributed by atoms with E-state index in [9.17, 15) is 4.91 Å². The third kappa shape index (κ3) is 1.18. The highest BCUT2D eigenvalue weighted by Crippen LogP contribution is 2.15. The lowest BCUT2D eigenvalue weighted by Crippen LogP contribution is -2.21. The Morgan fingerprint density at radius 1 is 1.67 bits per heavy atom. The summed E-state index contributed by atoms with van der Waals surface area (Å²) in [5.41, 5.74) is 0. The van der Waals surface area contributed by atoms with E-state index in [2.05, 4.69) is 13.8 Å².